The van der Waals surface area contributed by atoms with Gasteiger partial charge in [-0.15, -0.1) is 24.2 Å². The first kappa shape index (κ1) is 27.8. The van der Waals surface area contributed by atoms with Gasteiger partial charge in [-0.3, -0.25) is 0 Å². The van der Waals surface area contributed by atoms with Gasteiger partial charge < -0.3 is 10.6 Å². The number of nitrogens with zero attached hydrogens (tertiary/aromatic N) is 2. The zero-order valence-corrected chi connectivity index (χ0v) is 23.9. The van der Waals surface area contributed by atoms with Gasteiger partial charge in [0.15, 0.2) is 0 Å². The Labute approximate surface area is 216 Å². The molecule has 0 saturated heterocycles. The van der Waals surface area contributed by atoms with E-state index in [4.69, 9.17) is 29.2 Å². The summed E-state index contributed by atoms with van der Waals surface area (Å²) in [4.78, 5) is 0. The molecule has 0 aromatic carbocycles. The molecule has 0 bridgehead atoms. The molecule has 4 aliphatic rings. The standard InChI is InChI=1S/C27H48N2.2ClH.Ti/c1-20-11-3-7-15-24(20)28-26-17-9-5-13-22(26)19-23-14-6-10-18-27(23)29-25-16-8-4-12-21(25)2;;;/h20-27H,3-19H2,1-2H3;2*1H;/q-2;;;+2/p-2. The Balaban J connectivity index is 0.000000913. The third kappa shape index (κ3) is 8.71. The van der Waals surface area contributed by atoms with E-state index in [0.29, 0.717) is 24.2 Å². The summed E-state index contributed by atoms with van der Waals surface area (Å²) >= 11 is -0.556. The number of hydrogen-bond acceptors (Lipinski definition) is 0. The molecule has 5 heteroatoms. The van der Waals surface area contributed by atoms with Crippen molar-refractivity contribution in [2.75, 3.05) is 0 Å². The van der Waals surface area contributed by atoms with Gasteiger partial charge in [-0.1, -0.05) is 147 Å². The topological polar surface area (TPSA) is 28.2 Å². The van der Waals surface area contributed by atoms with E-state index in [-0.39, 0.29) is 0 Å². The third-order valence-corrected chi connectivity index (χ3v) is 9.24. The Bertz CT molecular complexity index is 466. The van der Waals surface area contributed by atoms with E-state index in [9.17, 15) is 0 Å². The quantitative estimate of drug-likeness (QED) is 0.313. The fourth-order valence-corrected chi connectivity index (χ4v) is 7.24. The van der Waals surface area contributed by atoms with E-state index in [2.05, 4.69) is 13.8 Å². The summed E-state index contributed by atoms with van der Waals surface area (Å²) < 4.78 is 0. The first-order chi connectivity index (χ1) is 15.6. The maximum absolute atomic E-state index is 5.55. The predicted molar refractivity (Wildman–Crippen MR) is 137 cm³/mol. The fourth-order valence-electron chi connectivity index (χ4n) is 7.24. The van der Waals surface area contributed by atoms with Gasteiger partial charge in [0.05, 0.1) is 0 Å². The summed E-state index contributed by atoms with van der Waals surface area (Å²) in [6.45, 7) is 4.93. The Kier molecular flexibility index (Phi) is 13.3. The van der Waals surface area contributed by atoms with Crippen LogP contribution in [-0.4, -0.2) is 24.2 Å². The van der Waals surface area contributed by atoms with Crippen molar-refractivity contribution in [3.05, 3.63) is 10.6 Å². The van der Waals surface area contributed by atoms with Crippen molar-refractivity contribution in [1.29, 1.82) is 0 Å². The molecular formula is C27H48Cl2N2Ti-2. The molecule has 0 spiro atoms. The Hall–Kier alpha value is 1.21. The van der Waals surface area contributed by atoms with Crippen LogP contribution in [-0.2, 0) is 17.0 Å². The van der Waals surface area contributed by atoms with Crippen LogP contribution in [0.5, 0.6) is 0 Å². The van der Waals surface area contributed by atoms with Crippen LogP contribution in [0.25, 0.3) is 10.6 Å². The molecule has 4 fully saturated rings. The maximum atomic E-state index is 5.55. The molecule has 186 valence electrons. The van der Waals surface area contributed by atoms with E-state index in [1.54, 1.807) is 0 Å². The summed E-state index contributed by atoms with van der Waals surface area (Å²) in [7, 11) is 9.78. The summed E-state index contributed by atoms with van der Waals surface area (Å²) in [5, 5.41) is 11.1. The van der Waals surface area contributed by atoms with Gasteiger partial charge in [0.1, 0.15) is 0 Å². The molecule has 0 amide bonds. The number of hydrogen-bond donors (Lipinski definition) is 0. The molecule has 4 aliphatic carbocycles. The Morgan fingerprint density at radius 1 is 0.531 bits per heavy atom. The second-order valence-electron chi connectivity index (χ2n) is 11.5. The summed E-state index contributed by atoms with van der Waals surface area (Å²) in [6, 6.07) is 2.68. The minimum absolute atomic E-state index is 0.556. The first-order valence-corrected chi connectivity index (χ1v) is 18.3. The zero-order valence-electron chi connectivity index (χ0n) is 20.8. The van der Waals surface area contributed by atoms with Crippen LogP contribution < -0.4 is 0 Å². The fraction of sp³-hybridized carbons (Fsp3) is 1.00. The van der Waals surface area contributed by atoms with Gasteiger partial charge in [-0.05, 0) is 0 Å². The van der Waals surface area contributed by atoms with E-state index in [1.165, 1.54) is 109 Å². The molecule has 8 unspecified atom stereocenters. The van der Waals surface area contributed by atoms with Crippen LogP contribution in [0.4, 0.5) is 0 Å². The van der Waals surface area contributed by atoms with Gasteiger partial charge in [-0.25, -0.2) is 0 Å². The van der Waals surface area contributed by atoms with Crippen molar-refractivity contribution < 1.29 is 17.0 Å². The Morgan fingerprint density at radius 3 is 1.22 bits per heavy atom. The van der Waals surface area contributed by atoms with Crippen molar-refractivity contribution in [1.82, 2.24) is 0 Å². The van der Waals surface area contributed by atoms with Gasteiger partial charge >= 0.3 is 35.6 Å². The number of halogens is 2. The van der Waals surface area contributed by atoms with Gasteiger partial charge in [0.2, 0.25) is 0 Å². The molecule has 0 aromatic heterocycles. The average Bonchev–Trinajstić information content (AvgIpc) is 2.80. The third-order valence-electron chi connectivity index (χ3n) is 9.24. The van der Waals surface area contributed by atoms with Crippen LogP contribution in [0.1, 0.15) is 123 Å². The minimum atomic E-state index is -0.556. The van der Waals surface area contributed by atoms with Gasteiger partial charge in [0, 0.05) is 0 Å². The molecular weight excluding hydrogens is 471 g/mol. The van der Waals surface area contributed by atoms with Gasteiger partial charge in [0.25, 0.3) is 0 Å². The molecule has 4 rings (SSSR count). The Morgan fingerprint density at radius 2 is 0.844 bits per heavy atom. The number of rotatable bonds is 6. The van der Waals surface area contributed by atoms with E-state index in [1.807, 2.05) is 0 Å². The molecule has 0 radical (unpaired) electrons. The first-order valence-electron chi connectivity index (χ1n) is 14.0. The molecule has 0 N–H and O–H groups in total. The van der Waals surface area contributed by atoms with Crippen molar-refractivity contribution in [3.63, 3.8) is 0 Å². The van der Waals surface area contributed by atoms with Crippen LogP contribution >= 0.6 is 18.6 Å². The van der Waals surface area contributed by atoms with Crippen molar-refractivity contribution in [3.8, 4) is 0 Å². The SMILES string of the molecule is CC1CCCCC1[N-]C1CCCCC1CC1CCCCC1[N-]C1CCCCC1C.[Cl][Ti][Cl]. The zero-order chi connectivity index (χ0) is 22.8. The molecule has 0 aliphatic heterocycles. The van der Waals surface area contributed by atoms with Crippen molar-refractivity contribution in [2.45, 2.75) is 147 Å². The average molecular weight is 519 g/mol. The second kappa shape index (κ2) is 15.4. The van der Waals surface area contributed by atoms with Crippen LogP contribution in [0.2, 0.25) is 0 Å². The van der Waals surface area contributed by atoms with E-state index < -0.39 is 17.0 Å². The summed E-state index contributed by atoms with van der Waals surface area (Å²) in [6.07, 6.45) is 24.1. The molecule has 32 heavy (non-hydrogen) atoms. The van der Waals surface area contributed by atoms with E-state index in [0.717, 1.165) is 23.7 Å². The van der Waals surface area contributed by atoms with Gasteiger partial charge in [-0.2, -0.15) is 0 Å². The van der Waals surface area contributed by atoms with Crippen molar-refractivity contribution >= 4 is 18.6 Å². The summed E-state index contributed by atoms with van der Waals surface area (Å²) in [5.74, 6) is 3.39. The monoisotopic (exact) mass is 518 g/mol. The molecule has 0 heterocycles. The summed E-state index contributed by atoms with van der Waals surface area (Å²) in [5.41, 5.74) is 0. The molecule has 0 aromatic rings. The predicted octanol–water partition coefficient (Wildman–Crippen LogP) is 9.78. The van der Waals surface area contributed by atoms with Crippen LogP contribution in [0.15, 0.2) is 0 Å². The van der Waals surface area contributed by atoms with Crippen LogP contribution in [0, 0.1) is 23.7 Å². The molecule has 8 atom stereocenters. The normalized spacial score (nSPS) is 40.8. The molecule has 2 nitrogen and oxygen atoms in total. The molecule has 4 saturated carbocycles. The van der Waals surface area contributed by atoms with Crippen molar-refractivity contribution in [2.24, 2.45) is 23.7 Å². The van der Waals surface area contributed by atoms with E-state index >= 15 is 0 Å². The second-order valence-corrected chi connectivity index (χ2v) is 14.1. The van der Waals surface area contributed by atoms with Crippen LogP contribution in [0.3, 0.4) is 0 Å².